The normalized spacial score (nSPS) is 33.7. The molecule has 10 aliphatic rings. The van der Waals surface area contributed by atoms with Crippen molar-refractivity contribution in [3.05, 3.63) is 129 Å². The van der Waals surface area contributed by atoms with E-state index >= 15 is 0 Å². The minimum absolute atomic E-state index is 0.143. The summed E-state index contributed by atoms with van der Waals surface area (Å²) >= 11 is -5.24. The second-order valence-corrected chi connectivity index (χ2v) is 67.2. The van der Waals surface area contributed by atoms with Crippen molar-refractivity contribution in [2.45, 2.75) is 175 Å². The summed E-state index contributed by atoms with van der Waals surface area (Å²) in [6.07, 6.45) is 28.8. The van der Waals surface area contributed by atoms with Gasteiger partial charge in [-0.1, -0.05) is 0 Å². The van der Waals surface area contributed by atoms with Gasteiger partial charge in [-0.15, -0.1) is 0 Å². The minimum atomic E-state index is -5.24. The summed E-state index contributed by atoms with van der Waals surface area (Å²) in [5, 5.41) is 0. The molecule has 0 heterocycles. The van der Waals surface area contributed by atoms with Gasteiger partial charge in [0.2, 0.25) is 0 Å². The van der Waals surface area contributed by atoms with E-state index in [0.717, 1.165) is 48.3 Å². The first-order valence-electron chi connectivity index (χ1n) is 28.2. The molecule has 0 aromatic heterocycles. The second kappa shape index (κ2) is 17.6. The Balaban J connectivity index is 1.05. The van der Waals surface area contributed by atoms with Crippen LogP contribution in [0, 0.1) is 46.3 Å². The first-order valence-corrected chi connectivity index (χ1v) is 44.2. The third-order valence-electron chi connectivity index (χ3n) is 21.4. The van der Waals surface area contributed by atoms with Crippen LogP contribution in [0.5, 0.6) is 0 Å². The number of fused-ring (bicyclic) bond motifs is 2. The third kappa shape index (κ3) is 7.76. The summed E-state index contributed by atoms with van der Waals surface area (Å²) in [6, 6.07) is 35.3. The molecular formula is C64H81Cl2SiZr. The molecule has 4 heteroatoms. The van der Waals surface area contributed by atoms with Crippen LogP contribution in [0.3, 0.4) is 0 Å². The van der Waals surface area contributed by atoms with Crippen LogP contribution in [-0.4, -0.2) is 5.92 Å². The Morgan fingerprint density at radius 3 is 1.21 bits per heavy atom. The first kappa shape index (κ1) is 47.1. The molecular weight excluding hydrogens is 959 g/mol. The summed E-state index contributed by atoms with van der Waals surface area (Å²) in [5.41, 5.74) is 18.4. The average molecular weight is 1040 g/mol. The molecule has 8 fully saturated rings. The fourth-order valence-corrected chi connectivity index (χ4v) is 60.0. The molecule has 359 valence electrons. The molecule has 0 nitrogen and oxygen atoms in total. The van der Waals surface area contributed by atoms with Crippen LogP contribution < -0.4 is 0 Å². The van der Waals surface area contributed by atoms with Crippen LogP contribution in [0.4, 0.5) is 0 Å². The molecule has 5 atom stereocenters. The number of halogens is 2. The maximum atomic E-state index is 9.65. The zero-order valence-corrected chi connectivity index (χ0v) is 47.7. The van der Waals surface area contributed by atoms with E-state index in [1.807, 2.05) is 0 Å². The zero-order valence-electron chi connectivity index (χ0n) is 42.6. The van der Waals surface area contributed by atoms with Gasteiger partial charge in [0, 0.05) is 0 Å². The number of hydrogen-bond acceptors (Lipinski definition) is 0. The van der Waals surface area contributed by atoms with Crippen LogP contribution in [0.2, 0.25) is 12.6 Å². The van der Waals surface area contributed by atoms with Crippen molar-refractivity contribution in [3.63, 3.8) is 0 Å². The van der Waals surface area contributed by atoms with Gasteiger partial charge in [0.05, 0.1) is 0 Å². The molecule has 0 spiro atoms. The molecule has 4 aromatic rings. The van der Waals surface area contributed by atoms with Crippen molar-refractivity contribution in [3.8, 4) is 22.3 Å². The van der Waals surface area contributed by atoms with E-state index in [-0.39, 0.29) is 7.25 Å². The molecule has 8 saturated carbocycles. The van der Waals surface area contributed by atoms with E-state index in [2.05, 4.69) is 138 Å². The summed E-state index contributed by atoms with van der Waals surface area (Å²) in [4.78, 5) is 0. The number of allylic oxidation sites excluding steroid dienone is 2. The third-order valence-corrected chi connectivity index (χ3v) is 71.8. The Bertz CT molecular complexity index is 2390. The van der Waals surface area contributed by atoms with Crippen molar-refractivity contribution in [2.24, 2.45) is 46.3 Å². The van der Waals surface area contributed by atoms with Crippen LogP contribution in [0.25, 0.3) is 34.4 Å². The summed E-state index contributed by atoms with van der Waals surface area (Å²) < 4.78 is 0.286. The van der Waals surface area contributed by atoms with Gasteiger partial charge < -0.3 is 0 Å². The molecule has 68 heavy (non-hydrogen) atoms. The van der Waals surface area contributed by atoms with Crippen LogP contribution in [0.15, 0.2) is 96.1 Å². The molecule has 10 aliphatic carbocycles. The van der Waals surface area contributed by atoms with Gasteiger partial charge >= 0.3 is 424 Å². The summed E-state index contributed by atoms with van der Waals surface area (Å²) in [7, 11) is 19.3. The quantitative estimate of drug-likeness (QED) is 0.104. The summed E-state index contributed by atoms with van der Waals surface area (Å²) in [5.74, 6) is 4.84. The van der Waals surface area contributed by atoms with E-state index in [0.29, 0.717) is 22.7 Å². The Hall–Kier alpha value is -1.96. The fraction of sp³-hybridized carbons (Fsp3) is 0.562. The predicted molar refractivity (Wildman–Crippen MR) is 293 cm³/mol. The van der Waals surface area contributed by atoms with Crippen molar-refractivity contribution < 1.29 is 15.6 Å². The van der Waals surface area contributed by atoms with Crippen molar-refractivity contribution in [1.29, 1.82) is 0 Å². The van der Waals surface area contributed by atoms with Crippen LogP contribution in [0.1, 0.15) is 196 Å². The SMILES string of the molecule is CCC[SiH](C)[Zr]([Cl])([Cl])([CH]1C(CC23CC4CC(CC(C4)C2)C3)=Cc2c(-c3ccc(C(C)CC)cc3)cccc21)[CH]1C(CC23CC4CC(CC(C4)C2)C3)=Cc2c(-c3ccc(C(C)CC)cc3)cccc21. The molecule has 0 radical (unpaired) electrons. The van der Waals surface area contributed by atoms with Gasteiger partial charge in [0.1, 0.15) is 0 Å². The van der Waals surface area contributed by atoms with E-state index in [1.54, 1.807) is 11.1 Å². The van der Waals surface area contributed by atoms with Crippen LogP contribution >= 0.6 is 17.0 Å². The fourth-order valence-electron chi connectivity index (χ4n) is 18.8. The second-order valence-electron chi connectivity index (χ2n) is 25.9. The van der Waals surface area contributed by atoms with Gasteiger partial charge in [0.15, 0.2) is 0 Å². The molecule has 0 saturated heterocycles. The van der Waals surface area contributed by atoms with Gasteiger partial charge in [-0.2, -0.15) is 0 Å². The predicted octanol–water partition coefficient (Wildman–Crippen LogP) is 19.6. The Kier molecular flexibility index (Phi) is 12.2. The standard InChI is InChI=1S/2C30H35.C4H11Si.2ClH.Zr/c2*1-3-20(2)25-7-9-26(10-8-25)28-6-4-5-27-14-24(15-29(27)28)19-30-16-21-11-22(17-30)13-23(12-21)18-30;1-3-4-5-2;;;/h2*4-10,14-15,20-23H,3,11-13,16-19H2,1-2H3;5H,3-4H2,1-2H3;2*1H;/q;;;;;+2/p-2. The van der Waals surface area contributed by atoms with E-state index in [1.165, 1.54) is 158 Å². The molecule has 8 bridgehead atoms. The van der Waals surface area contributed by atoms with Gasteiger partial charge in [0.25, 0.3) is 0 Å². The van der Waals surface area contributed by atoms with Gasteiger partial charge in [-0.25, -0.2) is 0 Å². The molecule has 4 aromatic carbocycles. The average Bonchev–Trinajstić information content (AvgIpc) is 3.89. The molecule has 14 rings (SSSR count). The Morgan fingerprint density at radius 2 is 0.882 bits per heavy atom. The molecule has 0 aliphatic heterocycles. The van der Waals surface area contributed by atoms with Crippen molar-refractivity contribution in [1.82, 2.24) is 0 Å². The van der Waals surface area contributed by atoms with E-state index in [9.17, 15) is 17.0 Å². The molecule has 0 amide bonds. The monoisotopic (exact) mass is 1040 g/mol. The van der Waals surface area contributed by atoms with Crippen molar-refractivity contribution in [2.75, 3.05) is 0 Å². The summed E-state index contributed by atoms with van der Waals surface area (Å²) in [6.45, 7) is 14.5. The number of hydrogen-bond donors (Lipinski definition) is 0. The van der Waals surface area contributed by atoms with Gasteiger partial charge in [-0.3, -0.25) is 0 Å². The Labute approximate surface area is 420 Å². The maximum absolute atomic E-state index is 9.65. The molecule has 0 N–H and O–H groups in total. The number of rotatable bonds is 15. The zero-order chi connectivity index (χ0) is 46.8. The number of benzene rings is 4. The molecule has 5 unspecified atom stereocenters. The van der Waals surface area contributed by atoms with Crippen molar-refractivity contribution >= 4 is 35.1 Å². The van der Waals surface area contributed by atoms with Crippen LogP contribution in [-0.2, 0) is 15.6 Å². The topological polar surface area (TPSA) is 0 Å². The van der Waals surface area contributed by atoms with E-state index < -0.39 is 21.5 Å². The van der Waals surface area contributed by atoms with E-state index in [4.69, 9.17) is 0 Å². The Morgan fingerprint density at radius 1 is 0.529 bits per heavy atom. The van der Waals surface area contributed by atoms with Gasteiger partial charge in [-0.05, 0) is 0 Å². The first-order chi connectivity index (χ1) is 32.8.